The second kappa shape index (κ2) is 2.42. The number of methoxy groups -OCH3 is 1. The molecule has 6 nitrogen and oxygen atoms in total. The summed E-state index contributed by atoms with van der Waals surface area (Å²) in [6, 6.07) is 0. The molecule has 0 fully saturated rings. The number of fused-ring (bicyclic) bond motifs is 1. The van der Waals surface area contributed by atoms with Crippen LogP contribution in [0.3, 0.4) is 0 Å². The Hall–Kier alpha value is -1.50. The number of furan rings is 1. The van der Waals surface area contributed by atoms with E-state index in [-0.39, 0.29) is 12.2 Å². The molecule has 0 aliphatic carbocycles. The van der Waals surface area contributed by atoms with Gasteiger partial charge in [0.05, 0.1) is 12.8 Å². The van der Waals surface area contributed by atoms with Crippen LogP contribution in [0.25, 0.3) is 0 Å². The molecule has 3 rings (SSSR count). The SMILES string of the molecule is COC(=O)C12Cc3oc1c(c3C)NS2(=O)=O. The predicted octanol–water partition coefficient (Wildman–Crippen LogP) is 0.268. The lowest BCUT2D eigenvalue weighted by atomic mass is 9.93. The van der Waals surface area contributed by atoms with E-state index in [1.165, 1.54) is 7.11 Å². The Bertz CT molecular complexity index is 614. The number of ether oxygens (including phenoxy) is 1. The molecule has 7 heteroatoms. The van der Waals surface area contributed by atoms with Crippen molar-refractivity contribution in [2.24, 2.45) is 0 Å². The van der Waals surface area contributed by atoms with Crippen molar-refractivity contribution < 1.29 is 22.4 Å². The Labute approximate surface area is 91.6 Å². The van der Waals surface area contributed by atoms with Crippen LogP contribution in [0.1, 0.15) is 17.1 Å². The van der Waals surface area contributed by atoms with Gasteiger partial charge in [-0.25, -0.2) is 13.2 Å². The van der Waals surface area contributed by atoms with Crippen LogP contribution in [-0.4, -0.2) is 21.5 Å². The second-order valence-corrected chi connectivity index (χ2v) is 5.86. The highest BCUT2D eigenvalue weighted by Crippen LogP contribution is 2.55. The summed E-state index contributed by atoms with van der Waals surface area (Å²) in [6.45, 7) is 1.76. The van der Waals surface area contributed by atoms with Gasteiger partial charge in [0, 0.05) is 12.0 Å². The Morgan fingerprint density at radius 2 is 2.25 bits per heavy atom. The Kier molecular flexibility index (Phi) is 1.47. The van der Waals surface area contributed by atoms with Crippen LogP contribution >= 0.6 is 0 Å². The lowest BCUT2D eigenvalue weighted by Crippen LogP contribution is -2.43. The van der Waals surface area contributed by atoms with E-state index >= 15 is 0 Å². The van der Waals surface area contributed by atoms with Gasteiger partial charge in [-0.05, 0) is 6.92 Å². The molecule has 0 saturated carbocycles. The van der Waals surface area contributed by atoms with Gasteiger partial charge in [0.25, 0.3) is 14.8 Å². The molecule has 1 atom stereocenters. The van der Waals surface area contributed by atoms with E-state index in [4.69, 9.17) is 4.42 Å². The van der Waals surface area contributed by atoms with Crippen LogP contribution in [0, 0.1) is 6.92 Å². The fourth-order valence-corrected chi connectivity index (χ4v) is 4.02. The molecule has 1 N–H and O–H groups in total. The number of rotatable bonds is 1. The Balaban J connectivity index is 2.34. The molecule has 0 aromatic carbocycles. The van der Waals surface area contributed by atoms with Crippen molar-refractivity contribution in [2.75, 3.05) is 11.8 Å². The molecular formula is C9H9NO5S. The van der Waals surface area contributed by atoms with Gasteiger partial charge in [-0.2, -0.15) is 0 Å². The summed E-state index contributed by atoms with van der Waals surface area (Å²) in [5.41, 5.74) is 1.14. The van der Waals surface area contributed by atoms with Crippen LogP contribution in [0.5, 0.6) is 0 Å². The lowest BCUT2D eigenvalue weighted by Gasteiger charge is -2.18. The number of sulfonamides is 1. The zero-order chi connectivity index (χ0) is 11.7. The van der Waals surface area contributed by atoms with Gasteiger partial charge in [-0.15, -0.1) is 0 Å². The summed E-state index contributed by atoms with van der Waals surface area (Å²) in [5, 5.41) is 0. The first-order valence-corrected chi connectivity index (χ1v) is 6.16. The molecule has 1 aromatic heterocycles. The zero-order valence-electron chi connectivity index (χ0n) is 8.66. The molecule has 0 saturated heterocycles. The number of esters is 1. The van der Waals surface area contributed by atoms with Crippen LogP contribution in [0.15, 0.2) is 4.42 Å². The van der Waals surface area contributed by atoms with Crippen molar-refractivity contribution in [1.82, 2.24) is 0 Å². The molecule has 2 aliphatic heterocycles. The maximum absolute atomic E-state index is 12.0. The number of hydrogen-bond acceptors (Lipinski definition) is 5. The molecule has 1 aromatic rings. The number of hydrogen-bond donors (Lipinski definition) is 1. The smallest absolute Gasteiger partial charge is 0.337 e. The number of carbonyl (C=O) groups excluding carboxylic acids is 1. The molecule has 1 unspecified atom stereocenters. The fourth-order valence-electron chi connectivity index (χ4n) is 2.32. The maximum Gasteiger partial charge on any atom is 0.337 e. The van der Waals surface area contributed by atoms with Gasteiger partial charge in [0.15, 0.2) is 5.76 Å². The van der Waals surface area contributed by atoms with Crippen molar-refractivity contribution in [3.63, 3.8) is 0 Å². The molecule has 3 heterocycles. The van der Waals surface area contributed by atoms with Gasteiger partial charge in [0.1, 0.15) is 5.76 Å². The normalized spacial score (nSPS) is 27.9. The summed E-state index contributed by atoms with van der Waals surface area (Å²) in [5.74, 6) is -0.0941. The monoisotopic (exact) mass is 243 g/mol. The third kappa shape index (κ3) is 0.733. The highest BCUT2D eigenvalue weighted by atomic mass is 32.2. The zero-order valence-corrected chi connectivity index (χ0v) is 9.47. The highest BCUT2D eigenvalue weighted by molar-refractivity contribution is 7.94. The molecule has 0 radical (unpaired) electrons. The minimum absolute atomic E-state index is 0.0275. The van der Waals surface area contributed by atoms with E-state index in [1.54, 1.807) is 6.92 Å². The minimum Gasteiger partial charge on any atom is -0.467 e. The summed E-state index contributed by atoms with van der Waals surface area (Å²) < 4.78 is 34.6. The van der Waals surface area contributed by atoms with Gasteiger partial charge >= 0.3 is 5.97 Å². The molecule has 2 aliphatic rings. The van der Waals surface area contributed by atoms with Gasteiger partial charge in [-0.1, -0.05) is 0 Å². The third-order valence-electron chi connectivity index (χ3n) is 3.23. The molecule has 0 amide bonds. The summed E-state index contributed by atoms with van der Waals surface area (Å²) in [6.07, 6.45) is 0.0275. The van der Waals surface area contributed by atoms with Gasteiger partial charge in [0.2, 0.25) is 0 Å². The van der Waals surface area contributed by atoms with Crippen LogP contribution < -0.4 is 4.72 Å². The summed E-state index contributed by atoms with van der Waals surface area (Å²) in [7, 11) is -2.64. The second-order valence-electron chi connectivity index (χ2n) is 3.96. The largest absolute Gasteiger partial charge is 0.467 e. The average Bonchev–Trinajstić information content (AvgIpc) is 2.79. The number of nitrogens with one attached hydrogen (secondary N) is 1. The molecule has 0 spiro atoms. The minimum atomic E-state index is -3.80. The Morgan fingerprint density at radius 3 is 2.81 bits per heavy atom. The molecule has 86 valence electrons. The van der Waals surface area contributed by atoms with E-state index in [9.17, 15) is 13.2 Å². The standard InChI is InChI=1S/C9H9NO5S/c1-4-5-3-9(8(11)14-2)7(15-5)6(4)10-16(9,12)13/h10H,3H2,1-2H3. The summed E-state index contributed by atoms with van der Waals surface area (Å²) >= 11 is 0. The predicted molar refractivity (Wildman–Crippen MR) is 53.4 cm³/mol. The average molecular weight is 243 g/mol. The number of anilines is 1. The van der Waals surface area contributed by atoms with Crippen LogP contribution in [-0.2, 0) is 30.7 Å². The van der Waals surface area contributed by atoms with Crippen molar-refractivity contribution in [3.8, 4) is 0 Å². The number of carbonyl (C=O) groups is 1. The van der Waals surface area contributed by atoms with Crippen LogP contribution in [0.4, 0.5) is 5.69 Å². The van der Waals surface area contributed by atoms with Crippen molar-refractivity contribution in [2.45, 2.75) is 18.1 Å². The van der Waals surface area contributed by atoms with Crippen molar-refractivity contribution in [1.29, 1.82) is 0 Å². The van der Waals surface area contributed by atoms with Gasteiger partial charge < -0.3 is 9.15 Å². The third-order valence-corrected chi connectivity index (χ3v) is 5.12. The topological polar surface area (TPSA) is 85.6 Å². The van der Waals surface area contributed by atoms with Crippen LogP contribution in [0.2, 0.25) is 0 Å². The first-order valence-electron chi connectivity index (χ1n) is 4.67. The Morgan fingerprint density at radius 1 is 1.56 bits per heavy atom. The van der Waals surface area contributed by atoms with Crippen molar-refractivity contribution >= 4 is 21.7 Å². The van der Waals surface area contributed by atoms with E-state index in [2.05, 4.69) is 9.46 Å². The lowest BCUT2D eigenvalue weighted by molar-refractivity contribution is -0.144. The molecule has 2 bridgehead atoms. The van der Waals surface area contributed by atoms with E-state index in [0.717, 1.165) is 5.56 Å². The van der Waals surface area contributed by atoms with E-state index in [1.807, 2.05) is 0 Å². The molecular weight excluding hydrogens is 234 g/mol. The van der Waals surface area contributed by atoms with Crippen molar-refractivity contribution in [3.05, 3.63) is 17.1 Å². The van der Waals surface area contributed by atoms with E-state index in [0.29, 0.717) is 11.4 Å². The first kappa shape index (κ1) is 9.71. The fraction of sp³-hybridized carbons (Fsp3) is 0.444. The van der Waals surface area contributed by atoms with E-state index < -0.39 is 20.7 Å². The quantitative estimate of drug-likeness (QED) is 0.715. The van der Waals surface area contributed by atoms with Gasteiger partial charge in [-0.3, -0.25) is 4.72 Å². The maximum atomic E-state index is 12.0. The highest BCUT2D eigenvalue weighted by Gasteiger charge is 2.67. The first-order chi connectivity index (χ1) is 7.44. The molecule has 16 heavy (non-hydrogen) atoms. The summed E-state index contributed by atoms with van der Waals surface area (Å²) in [4.78, 5) is 11.7.